The van der Waals surface area contributed by atoms with Gasteiger partial charge in [0.2, 0.25) is 0 Å². The second kappa shape index (κ2) is 7.98. The smallest absolute Gasteiger partial charge is 0.344 e. The Bertz CT molecular complexity index is 650. The number of rotatable bonds is 5. The molecule has 0 heterocycles. The number of ether oxygens (including phenoxy) is 2. The molecule has 0 aliphatic rings. The average molecular weight is 297 g/mol. The molecule has 0 unspecified atom stereocenters. The normalized spacial score (nSPS) is 11.1. The van der Waals surface area contributed by atoms with E-state index >= 15 is 0 Å². The van der Waals surface area contributed by atoms with E-state index in [0.29, 0.717) is 23.6 Å². The topological polar surface area (TPSA) is 47.9 Å². The summed E-state index contributed by atoms with van der Waals surface area (Å²) in [4.78, 5) is 16.6. The zero-order chi connectivity index (χ0) is 15.8. The van der Waals surface area contributed by atoms with Crippen LogP contribution in [0, 0.1) is 0 Å². The number of methoxy groups -OCH3 is 1. The Morgan fingerprint density at radius 3 is 2.55 bits per heavy atom. The number of esters is 1. The predicted octanol–water partition coefficient (Wildman–Crippen LogP) is 4.38. The summed E-state index contributed by atoms with van der Waals surface area (Å²) in [5.41, 5.74) is 1.21. The molecular formula is C18H19NO3. The third-order valence-corrected chi connectivity index (χ3v) is 2.99. The van der Waals surface area contributed by atoms with E-state index in [1.165, 1.54) is 0 Å². The van der Waals surface area contributed by atoms with Gasteiger partial charge in [-0.15, -0.1) is 0 Å². The van der Waals surface area contributed by atoms with E-state index in [-0.39, 0.29) is 0 Å². The summed E-state index contributed by atoms with van der Waals surface area (Å²) in [7, 11) is 1.56. The first-order valence-corrected chi connectivity index (χ1v) is 7.21. The quantitative estimate of drug-likeness (QED) is 0.467. The first-order chi connectivity index (χ1) is 10.7. The van der Waals surface area contributed by atoms with Crippen LogP contribution in [-0.4, -0.2) is 19.0 Å². The molecule has 0 saturated carbocycles. The molecule has 0 spiro atoms. The van der Waals surface area contributed by atoms with E-state index in [9.17, 15) is 4.79 Å². The van der Waals surface area contributed by atoms with Gasteiger partial charge in [0.1, 0.15) is 5.75 Å². The van der Waals surface area contributed by atoms with Gasteiger partial charge in [0.05, 0.1) is 18.4 Å². The number of benzene rings is 2. The van der Waals surface area contributed by atoms with E-state index in [1.807, 2.05) is 37.3 Å². The van der Waals surface area contributed by atoms with Crippen molar-refractivity contribution in [1.29, 1.82) is 0 Å². The van der Waals surface area contributed by atoms with E-state index in [0.717, 1.165) is 12.1 Å². The fraction of sp³-hybridized carbons (Fsp3) is 0.222. The van der Waals surface area contributed by atoms with Gasteiger partial charge in [-0.1, -0.05) is 31.2 Å². The molecule has 0 bridgehead atoms. The number of nitrogens with zero attached hydrogens (tertiary/aromatic N) is 1. The van der Waals surface area contributed by atoms with Crippen LogP contribution in [0.4, 0.5) is 5.69 Å². The molecule has 0 saturated heterocycles. The second-order valence-corrected chi connectivity index (χ2v) is 4.71. The highest BCUT2D eigenvalue weighted by Crippen LogP contribution is 2.16. The van der Waals surface area contributed by atoms with Gasteiger partial charge in [0, 0.05) is 6.42 Å². The molecule has 2 rings (SSSR count). The van der Waals surface area contributed by atoms with Crippen LogP contribution in [0.2, 0.25) is 0 Å². The van der Waals surface area contributed by atoms with Crippen molar-refractivity contribution in [3.05, 3.63) is 60.2 Å². The highest BCUT2D eigenvalue weighted by atomic mass is 16.5. The summed E-state index contributed by atoms with van der Waals surface area (Å²) in [5.74, 6) is 0.607. The van der Waals surface area contributed by atoms with Gasteiger partial charge in [0.25, 0.3) is 0 Å². The lowest BCUT2D eigenvalue weighted by atomic mass is 10.2. The zero-order valence-electron chi connectivity index (χ0n) is 12.8. The lowest BCUT2D eigenvalue weighted by Gasteiger charge is -2.08. The van der Waals surface area contributed by atoms with Crippen molar-refractivity contribution in [3.8, 4) is 5.75 Å². The van der Waals surface area contributed by atoms with Crippen molar-refractivity contribution in [3.63, 3.8) is 0 Å². The molecule has 0 atom stereocenters. The van der Waals surface area contributed by atoms with Crippen molar-refractivity contribution in [2.45, 2.75) is 19.8 Å². The van der Waals surface area contributed by atoms with E-state index in [1.54, 1.807) is 31.4 Å². The van der Waals surface area contributed by atoms with Crippen molar-refractivity contribution < 1.29 is 14.3 Å². The number of para-hydroxylation sites is 1. The molecule has 4 heteroatoms. The van der Waals surface area contributed by atoms with E-state index in [2.05, 4.69) is 4.99 Å². The summed E-state index contributed by atoms with van der Waals surface area (Å²) >= 11 is 0. The lowest BCUT2D eigenvalue weighted by Crippen LogP contribution is -2.12. The Labute approximate surface area is 130 Å². The van der Waals surface area contributed by atoms with Crippen LogP contribution in [-0.2, 0) is 4.74 Å². The Balaban J connectivity index is 2.16. The van der Waals surface area contributed by atoms with Gasteiger partial charge in [-0.25, -0.2) is 9.79 Å². The van der Waals surface area contributed by atoms with Crippen LogP contribution in [0.5, 0.6) is 5.75 Å². The maximum atomic E-state index is 12.2. The van der Waals surface area contributed by atoms with Gasteiger partial charge in [-0.2, -0.15) is 0 Å². The Kier molecular flexibility index (Phi) is 5.72. The molecule has 0 N–H and O–H groups in total. The number of aliphatic imine (C=N–C) groups is 1. The van der Waals surface area contributed by atoms with Gasteiger partial charge < -0.3 is 9.47 Å². The van der Waals surface area contributed by atoms with Crippen molar-refractivity contribution >= 4 is 17.6 Å². The minimum Gasteiger partial charge on any atom is -0.497 e. The van der Waals surface area contributed by atoms with Crippen LogP contribution < -0.4 is 4.74 Å². The largest absolute Gasteiger partial charge is 0.497 e. The highest BCUT2D eigenvalue weighted by molar-refractivity contribution is 5.99. The second-order valence-electron chi connectivity index (χ2n) is 4.71. The molecule has 0 fully saturated rings. The first kappa shape index (κ1) is 15.8. The zero-order valence-corrected chi connectivity index (χ0v) is 12.8. The van der Waals surface area contributed by atoms with Crippen molar-refractivity contribution in [2.75, 3.05) is 7.11 Å². The minimum absolute atomic E-state index is 0.418. The molecule has 22 heavy (non-hydrogen) atoms. The van der Waals surface area contributed by atoms with Gasteiger partial charge in [0.15, 0.2) is 5.90 Å². The van der Waals surface area contributed by atoms with Crippen molar-refractivity contribution in [2.24, 2.45) is 4.99 Å². The maximum absolute atomic E-state index is 12.2. The van der Waals surface area contributed by atoms with E-state index in [4.69, 9.17) is 9.47 Å². The van der Waals surface area contributed by atoms with Gasteiger partial charge in [-0.3, -0.25) is 0 Å². The number of carbonyl (C=O) groups excluding carboxylic acids is 1. The molecule has 114 valence electrons. The van der Waals surface area contributed by atoms with Crippen LogP contribution in [0.25, 0.3) is 0 Å². The van der Waals surface area contributed by atoms with Gasteiger partial charge in [-0.05, 0) is 36.8 Å². The summed E-state index contributed by atoms with van der Waals surface area (Å²) in [6, 6.07) is 16.3. The van der Waals surface area contributed by atoms with Crippen LogP contribution in [0.1, 0.15) is 30.1 Å². The van der Waals surface area contributed by atoms with Crippen LogP contribution >= 0.6 is 0 Å². The summed E-state index contributed by atoms with van der Waals surface area (Å²) in [6.07, 6.45) is 1.45. The van der Waals surface area contributed by atoms with Crippen LogP contribution in [0.15, 0.2) is 59.6 Å². The minimum atomic E-state index is -0.429. The molecule has 0 aliphatic heterocycles. The maximum Gasteiger partial charge on any atom is 0.344 e. The summed E-state index contributed by atoms with van der Waals surface area (Å²) < 4.78 is 10.6. The summed E-state index contributed by atoms with van der Waals surface area (Å²) in [5, 5.41) is 0. The number of hydrogen-bond acceptors (Lipinski definition) is 4. The average Bonchev–Trinajstić information content (AvgIpc) is 2.56. The van der Waals surface area contributed by atoms with E-state index < -0.39 is 5.97 Å². The van der Waals surface area contributed by atoms with Crippen LogP contribution in [0.3, 0.4) is 0 Å². The molecular weight excluding hydrogens is 278 g/mol. The third-order valence-electron chi connectivity index (χ3n) is 2.99. The standard InChI is InChI=1S/C18H19NO3/c1-3-8-17(19-15-10-5-4-6-11-15)22-18(20)14-9-7-12-16(13-14)21-2/h4-7,9-13H,3,8H2,1-2H3. The monoisotopic (exact) mass is 297 g/mol. The van der Waals surface area contributed by atoms with Gasteiger partial charge >= 0.3 is 5.97 Å². The summed E-state index contributed by atoms with van der Waals surface area (Å²) in [6.45, 7) is 2.01. The predicted molar refractivity (Wildman–Crippen MR) is 86.9 cm³/mol. The molecule has 0 aromatic heterocycles. The fourth-order valence-electron chi connectivity index (χ4n) is 1.91. The Morgan fingerprint density at radius 2 is 1.86 bits per heavy atom. The highest BCUT2D eigenvalue weighted by Gasteiger charge is 2.12. The molecule has 2 aromatic carbocycles. The number of carbonyl (C=O) groups is 1. The Morgan fingerprint density at radius 1 is 1.09 bits per heavy atom. The molecule has 0 radical (unpaired) electrons. The Hall–Kier alpha value is -2.62. The molecule has 2 aromatic rings. The first-order valence-electron chi connectivity index (χ1n) is 7.21. The number of hydrogen-bond donors (Lipinski definition) is 0. The lowest BCUT2D eigenvalue weighted by molar-refractivity contribution is 0.0711. The van der Waals surface area contributed by atoms with Crippen molar-refractivity contribution in [1.82, 2.24) is 0 Å². The molecule has 0 aliphatic carbocycles. The molecule has 0 amide bonds. The fourth-order valence-corrected chi connectivity index (χ4v) is 1.91. The SMILES string of the molecule is CCCC(=Nc1ccccc1)OC(=O)c1cccc(OC)c1. The molecule has 4 nitrogen and oxygen atoms in total. The third kappa shape index (κ3) is 4.45.